The highest BCUT2D eigenvalue weighted by atomic mass is 35.5. The molecule has 1 amide bonds. The van der Waals surface area contributed by atoms with E-state index >= 15 is 0 Å². The van der Waals surface area contributed by atoms with Crippen LogP contribution in [0.3, 0.4) is 0 Å². The Morgan fingerprint density at radius 3 is 2.55 bits per heavy atom. The molecule has 0 saturated carbocycles. The largest absolute Gasteiger partial charge is 0.339 e. The lowest BCUT2D eigenvalue weighted by Gasteiger charge is -2.31. The van der Waals surface area contributed by atoms with Gasteiger partial charge in [0.2, 0.25) is 0 Å². The molecule has 0 radical (unpaired) electrons. The fourth-order valence-corrected chi connectivity index (χ4v) is 4.05. The Labute approximate surface area is 124 Å². The lowest BCUT2D eigenvalue weighted by atomic mass is 10.1. The second kappa shape index (κ2) is 6.14. The third-order valence-corrected chi connectivity index (χ3v) is 6.24. The van der Waals surface area contributed by atoms with E-state index in [-0.39, 0.29) is 16.9 Å². The third-order valence-electron chi connectivity index (χ3n) is 3.71. The SMILES string of the molecule is CCS(=O)(=O)C1CCN(C(=O)c2cccc(Cl)c2)CC1. The van der Waals surface area contributed by atoms with Gasteiger partial charge in [-0.3, -0.25) is 4.79 Å². The summed E-state index contributed by atoms with van der Waals surface area (Å²) in [5.41, 5.74) is 0.550. The molecule has 6 heteroatoms. The minimum Gasteiger partial charge on any atom is -0.339 e. The number of nitrogens with zero attached hydrogens (tertiary/aromatic N) is 1. The van der Waals surface area contributed by atoms with Crippen LogP contribution in [0.4, 0.5) is 0 Å². The Hall–Kier alpha value is -1.07. The Morgan fingerprint density at radius 2 is 2.00 bits per heavy atom. The van der Waals surface area contributed by atoms with Crippen molar-refractivity contribution in [2.75, 3.05) is 18.8 Å². The molecule has 1 heterocycles. The Morgan fingerprint density at radius 1 is 1.35 bits per heavy atom. The van der Waals surface area contributed by atoms with Gasteiger partial charge >= 0.3 is 0 Å². The molecule has 1 aliphatic heterocycles. The van der Waals surface area contributed by atoms with Gasteiger partial charge in [-0.15, -0.1) is 0 Å². The van der Waals surface area contributed by atoms with Crippen LogP contribution in [0.1, 0.15) is 30.1 Å². The van der Waals surface area contributed by atoms with Crippen LogP contribution in [-0.2, 0) is 9.84 Å². The van der Waals surface area contributed by atoms with Crippen LogP contribution < -0.4 is 0 Å². The van der Waals surface area contributed by atoms with Crippen molar-refractivity contribution >= 4 is 27.3 Å². The van der Waals surface area contributed by atoms with Crippen molar-refractivity contribution < 1.29 is 13.2 Å². The van der Waals surface area contributed by atoms with Crippen molar-refractivity contribution in [1.82, 2.24) is 4.90 Å². The molecule has 1 fully saturated rings. The molecule has 0 spiro atoms. The van der Waals surface area contributed by atoms with E-state index in [0.717, 1.165) is 0 Å². The molecule has 1 saturated heterocycles. The molecule has 0 atom stereocenters. The molecule has 1 aromatic rings. The lowest BCUT2D eigenvalue weighted by molar-refractivity contribution is 0.0725. The number of amides is 1. The molecule has 0 aliphatic carbocycles. The number of piperidine rings is 1. The Bertz CT molecular complexity index is 592. The third kappa shape index (κ3) is 3.33. The molecule has 20 heavy (non-hydrogen) atoms. The topological polar surface area (TPSA) is 54.5 Å². The number of halogens is 1. The molecule has 1 aromatic carbocycles. The van der Waals surface area contributed by atoms with Gasteiger partial charge < -0.3 is 4.90 Å². The summed E-state index contributed by atoms with van der Waals surface area (Å²) in [5.74, 6) is 0.0831. The molecular weight excluding hydrogens is 298 g/mol. The zero-order valence-corrected chi connectivity index (χ0v) is 13.0. The molecule has 0 aromatic heterocycles. The molecule has 0 N–H and O–H groups in total. The first-order chi connectivity index (χ1) is 9.44. The molecule has 110 valence electrons. The highest BCUT2D eigenvalue weighted by Gasteiger charge is 2.30. The van der Waals surface area contributed by atoms with E-state index in [1.807, 2.05) is 0 Å². The fraction of sp³-hybridized carbons (Fsp3) is 0.500. The molecule has 0 unspecified atom stereocenters. The van der Waals surface area contributed by atoms with Crippen LogP contribution in [0, 0.1) is 0 Å². The van der Waals surface area contributed by atoms with E-state index in [0.29, 0.717) is 36.5 Å². The fourth-order valence-electron chi connectivity index (χ4n) is 2.46. The highest BCUT2D eigenvalue weighted by Crippen LogP contribution is 2.21. The van der Waals surface area contributed by atoms with Gasteiger partial charge in [-0.25, -0.2) is 8.42 Å². The van der Waals surface area contributed by atoms with Crippen molar-refractivity contribution in [3.63, 3.8) is 0 Å². The van der Waals surface area contributed by atoms with Crippen LogP contribution in [-0.4, -0.2) is 43.3 Å². The summed E-state index contributed by atoms with van der Waals surface area (Å²) in [7, 11) is -3.00. The summed E-state index contributed by atoms with van der Waals surface area (Å²) in [4.78, 5) is 14.0. The van der Waals surface area contributed by atoms with Crippen molar-refractivity contribution in [3.8, 4) is 0 Å². The number of carbonyl (C=O) groups excluding carboxylic acids is 1. The predicted octanol–water partition coefficient (Wildman–Crippen LogP) is 2.38. The number of benzene rings is 1. The number of carbonyl (C=O) groups is 1. The normalized spacial score (nSPS) is 17.2. The Balaban J connectivity index is 2.02. The molecule has 1 aliphatic rings. The summed E-state index contributed by atoms with van der Waals surface area (Å²) < 4.78 is 23.6. The molecular formula is C14H18ClNO3S. The minimum atomic E-state index is -3.00. The zero-order chi connectivity index (χ0) is 14.8. The number of likely N-dealkylation sites (tertiary alicyclic amines) is 1. The Kier molecular flexibility index (Phi) is 4.70. The number of hydrogen-bond donors (Lipinski definition) is 0. The number of hydrogen-bond acceptors (Lipinski definition) is 3. The minimum absolute atomic E-state index is 0.0835. The molecule has 4 nitrogen and oxygen atoms in total. The number of sulfone groups is 1. The maximum absolute atomic E-state index is 12.3. The lowest BCUT2D eigenvalue weighted by Crippen LogP contribution is -2.42. The van der Waals surface area contributed by atoms with Crippen LogP contribution in [0.15, 0.2) is 24.3 Å². The van der Waals surface area contributed by atoms with Gasteiger partial charge in [-0.05, 0) is 31.0 Å². The van der Waals surface area contributed by atoms with E-state index in [4.69, 9.17) is 11.6 Å². The monoisotopic (exact) mass is 315 g/mol. The van der Waals surface area contributed by atoms with Crippen LogP contribution in [0.5, 0.6) is 0 Å². The van der Waals surface area contributed by atoms with Crippen LogP contribution >= 0.6 is 11.6 Å². The van der Waals surface area contributed by atoms with Gasteiger partial charge in [0.15, 0.2) is 9.84 Å². The average Bonchev–Trinajstić information content (AvgIpc) is 2.46. The maximum atomic E-state index is 12.3. The molecule has 0 bridgehead atoms. The van der Waals surface area contributed by atoms with Crippen molar-refractivity contribution in [1.29, 1.82) is 0 Å². The van der Waals surface area contributed by atoms with E-state index in [9.17, 15) is 13.2 Å². The zero-order valence-electron chi connectivity index (χ0n) is 11.4. The van der Waals surface area contributed by atoms with E-state index in [1.54, 1.807) is 36.1 Å². The highest BCUT2D eigenvalue weighted by molar-refractivity contribution is 7.92. The predicted molar refractivity (Wildman–Crippen MR) is 79.8 cm³/mol. The second-order valence-electron chi connectivity index (χ2n) is 4.95. The quantitative estimate of drug-likeness (QED) is 0.860. The van der Waals surface area contributed by atoms with Gasteiger partial charge in [0.25, 0.3) is 5.91 Å². The van der Waals surface area contributed by atoms with Crippen molar-refractivity contribution in [3.05, 3.63) is 34.9 Å². The summed E-state index contributed by atoms with van der Waals surface area (Å²) in [5, 5.41) is 0.218. The number of rotatable bonds is 3. The summed E-state index contributed by atoms with van der Waals surface area (Å²) >= 11 is 5.88. The summed E-state index contributed by atoms with van der Waals surface area (Å²) in [6.45, 7) is 2.63. The smallest absolute Gasteiger partial charge is 0.253 e. The van der Waals surface area contributed by atoms with Crippen LogP contribution in [0.2, 0.25) is 5.02 Å². The average molecular weight is 316 g/mol. The summed E-state index contributed by atoms with van der Waals surface area (Å²) in [6, 6.07) is 6.82. The van der Waals surface area contributed by atoms with Gasteiger partial charge in [0, 0.05) is 29.4 Å². The van der Waals surface area contributed by atoms with E-state index in [2.05, 4.69) is 0 Å². The van der Waals surface area contributed by atoms with E-state index < -0.39 is 9.84 Å². The van der Waals surface area contributed by atoms with Gasteiger partial charge in [-0.1, -0.05) is 24.6 Å². The standard InChI is InChI=1S/C14H18ClNO3S/c1-2-20(18,19)13-6-8-16(9-7-13)14(17)11-4-3-5-12(15)10-11/h3-5,10,13H,2,6-9H2,1H3. The first-order valence-electron chi connectivity index (χ1n) is 6.70. The second-order valence-corrected chi connectivity index (χ2v) is 7.96. The maximum Gasteiger partial charge on any atom is 0.253 e. The molecule has 2 rings (SSSR count). The van der Waals surface area contributed by atoms with E-state index in [1.165, 1.54) is 0 Å². The first-order valence-corrected chi connectivity index (χ1v) is 8.80. The first kappa shape index (κ1) is 15.3. The van der Waals surface area contributed by atoms with Gasteiger partial charge in [-0.2, -0.15) is 0 Å². The summed E-state index contributed by atoms with van der Waals surface area (Å²) in [6.07, 6.45) is 1.03. The van der Waals surface area contributed by atoms with Gasteiger partial charge in [0.05, 0.1) is 5.25 Å². The van der Waals surface area contributed by atoms with Crippen molar-refractivity contribution in [2.45, 2.75) is 25.0 Å². The van der Waals surface area contributed by atoms with Crippen molar-refractivity contribution in [2.24, 2.45) is 0 Å². The van der Waals surface area contributed by atoms with Gasteiger partial charge in [0.1, 0.15) is 0 Å². The van der Waals surface area contributed by atoms with Crippen LogP contribution in [0.25, 0.3) is 0 Å².